The first kappa shape index (κ1) is 15.1. The lowest BCUT2D eigenvalue weighted by atomic mass is 10.1. The van der Waals surface area contributed by atoms with Crippen LogP contribution in [0, 0.1) is 0 Å². The molecule has 1 aromatic carbocycles. The summed E-state index contributed by atoms with van der Waals surface area (Å²) in [4.78, 5) is 11.9. The lowest BCUT2D eigenvalue weighted by Gasteiger charge is -2.23. The van der Waals surface area contributed by atoms with Crippen molar-refractivity contribution in [3.05, 3.63) is 28.8 Å². The summed E-state index contributed by atoms with van der Waals surface area (Å²) in [6, 6.07) is 2.53. The number of halogens is 4. The summed E-state index contributed by atoms with van der Waals surface area (Å²) >= 11 is 5.56. The maximum absolute atomic E-state index is 12.9. The smallest absolute Gasteiger partial charge is 0.378 e. The van der Waals surface area contributed by atoms with E-state index in [2.05, 4.69) is 10.6 Å². The van der Waals surface area contributed by atoms with Gasteiger partial charge in [-0.3, -0.25) is 4.79 Å². The summed E-state index contributed by atoms with van der Waals surface area (Å²) in [5.74, 6) is -0.572. The molecule has 0 bridgehead atoms. The number of hydrogen-bond acceptors (Lipinski definition) is 3. The SMILES string of the molecule is O=C(Nc1ccc(Cl)cc1C(F)(F)F)C1COCCN1. The summed E-state index contributed by atoms with van der Waals surface area (Å²) in [5, 5.41) is 5.07. The van der Waals surface area contributed by atoms with Gasteiger partial charge in [-0.05, 0) is 18.2 Å². The molecule has 20 heavy (non-hydrogen) atoms. The Morgan fingerprint density at radius 2 is 2.20 bits per heavy atom. The first-order valence-electron chi connectivity index (χ1n) is 5.86. The number of amides is 1. The van der Waals surface area contributed by atoms with E-state index in [-0.39, 0.29) is 17.3 Å². The first-order chi connectivity index (χ1) is 9.38. The number of morpholine rings is 1. The van der Waals surface area contributed by atoms with Crippen LogP contribution < -0.4 is 10.6 Å². The Labute approximate surface area is 118 Å². The van der Waals surface area contributed by atoms with Gasteiger partial charge in [0.2, 0.25) is 5.91 Å². The molecule has 4 nitrogen and oxygen atoms in total. The average molecular weight is 309 g/mol. The van der Waals surface area contributed by atoms with Crippen LogP contribution in [0.4, 0.5) is 18.9 Å². The third-order valence-corrected chi connectivity index (χ3v) is 3.02. The summed E-state index contributed by atoms with van der Waals surface area (Å²) in [6.07, 6.45) is -4.59. The van der Waals surface area contributed by atoms with Gasteiger partial charge in [0.05, 0.1) is 24.5 Å². The van der Waals surface area contributed by atoms with Crippen LogP contribution in [-0.2, 0) is 15.7 Å². The molecule has 0 spiro atoms. The molecule has 1 unspecified atom stereocenters. The van der Waals surface area contributed by atoms with Gasteiger partial charge in [0.1, 0.15) is 6.04 Å². The van der Waals surface area contributed by atoms with Crippen molar-refractivity contribution >= 4 is 23.2 Å². The minimum atomic E-state index is -4.59. The maximum atomic E-state index is 12.9. The maximum Gasteiger partial charge on any atom is 0.418 e. The normalized spacial score (nSPS) is 19.7. The Hall–Kier alpha value is -1.31. The fraction of sp³-hybridized carbons (Fsp3) is 0.417. The van der Waals surface area contributed by atoms with Crippen molar-refractivity contribution in [3.8, 4) is 0 Å². The molecule has 1 atom stereocenters. The highest BCUT2D eigenvalue weighted by molar-refractivity contribution is 6.30. The topological polar surface area (TPSA) is 50.4 Å². The highest BCUT2D eigenvalue weighted by Gasteiger charge is 2.34. The van der Waals surface area contributed by atoms with Gasteiger partial charge in [0, 0.05) is 11.6 Å². The molecule has 1 heterocycles. The van der Waals surface area contributed by atoms with E-state index in [4.69, 9.17) is 16.3 Å². The van der Waals surface area contributed by atoms with Crippen molar-refractivity contribution in [1.82, 2.24) is 5.32 Å². The minimum absolute atomic E-state index is 0.0468. The van der Waals surface area contributed by atoms with Crippen molar-refractivity contribution in [1.29, 1.82) is 0 Å². The van der Waals surface area contributed by atoms with E-state index in [0.29, 0.717) is 13.2 Å². The Kier molecular flexibility index (Phi) is 4.52. The molecule has 1 aromatic rings. The number of anilines is 1. The van der Waals surface area contributed by atoms with Crippen molar-refractivity contribution < 1.29 is 22.7 Å². The van der Waals surface area contributed by atoms with E-state index in [1.54, 1.807) is 0 Å². The second kappa shape index (κ2) is 5.99. The Morgan fingerprint density at radius 3 is 2.80 bits per heavy atom. The molecule has 0 aliphatic carbocycles. The van der Waals surface area contributed by atoms with Gasteiger partial charge in [0.25, 0.3) is 0 Å². The molecule has 1 amide bonds. The number of carbonyl (C=O) groups excluding carboxylic acids is 1. The molecular formula is C12H12ClF3N2O2. The molecule has 2 N–H and O–H groups in total. The van der Waals surface area contributed by atoms with E-state index in [9.17, 15) is 18.0 Å². The van der Waals surface area contributed by atoms with Crippen molar-refractivity contribution in [3.63, 3.8) is 0 Å². The molecule has 8 heteroatoms. The molecule has 0 aromatic heterocycles. The summed E-state index contributed by atoms with van der Waals surface area (Å²) < 4.78 is 43.7. The second-order valence-corrected chi connectivity index (χ2v) is 4.69. The van der Waals surface area contributed by atoms with Gasteiger partial charge in [-0.25, -0.2) is 0 Å². The summed E-state index contributed by atoms with van der Waals surface area (Å²) in [5.41, 5.74) is -1.30. The predicted molar refractivity (Wildman–Crippen MR) is 67.7 cm³/mol. The van der Waals surface area contributed by atoms with Crippen LogP contribution in [0.2, 0.25) is 5.02 Å². The number of nitrogens with one attached hydrogen (secondary N) is 2. The lowest BCUT2D eigenvalue weighted by Crippen LogP contribution is -2.49. The first-order valence-corrected chi connectivity index (χ1v) is 6.24. The van der Waals surface area contributed by atoms with Gasteiger partial charge in [-0.1, -0.05) is 11.6 Å². The molecule has 1 saturated heterocycles. The predicted octanol–water partition coefficient (Wildman–Crippen LogP) is 2.29. The van der Waals surface area contributed by atoms with Gasteiger partial charge >= 0.3 is 6.18 Å². The molecule has 2 rings (SSSR count). The van der Waals surface area contributed by atoms with E-state index in [0.717, 1.165) is 12.1 Å². The second-order valence-electron chi connectivity index (χ2n) is 4.26. The third kappa shape index (κ3) is 3.62. The van der Waals surface area contributed by atoms with Crippen LogP contribution in [0.5, 0.6) is 0 Å². The minimum Gasteiger partial charge on any atom is -0.378 e. The molecule has 1 aliphatic heterocycles. The molecule has 1 aliphatic rings. The van der Waals surface area contributed by atoms with E-state index < -0.39 is 23.7 Å². The number of rotatable bonds is 2. The monoisotopic (exact) mass is 308 g/mol. The van der Waals surface area contributed by atoms with E-state index in [1.807, 2.05) is 0 Å². The number of ether oxygens (including phenoxy) is 1. The summed E-state index contributed by atoms with van der Waals surface area (Å²) in [7, 11) is 0. The molecule has 0 saturated carbocycles. The van der Waals surface area contributed by atoms with Crippen molar-refractivity contribution in [2.24, 2.45) is 0 Å². The zero-order chi connectivity index (χ0) is 14.8. The van der Waals surface area contributed by atoms with Gasteiger partial charge in [-0.15, -0.1) is 0 Å². The number of benzene rings is 1. The Morgan fingerprint density at radius 1 is 1.45 bits per heavy atom. The molecular weight excluding hydrogens is 297 g/mol. The number of alkyl halides is 3. The van der Waals surface area contributed by atoms with Crippen LogP contribution in [0.25, 0.3) is 0 Å². The van der Waals surface area contributed by atoms with Crippen LogP contribution in [-0.4, -0.2) is 31.7 Å². The zero-order valence-electron chi connectivity index (χ0n) is 10.3. The molecule has 110 valence electrons. The Balaban J connectivity index is 2.18. The fourth-order valence-corrected chi connectivity index (χ4v) is 1.99. The third-order valence-electron chi connectivity index (χ3n) is 2.78. The summed E-state index contributed by atoms with van der Waals surface area (Å²) in [6.45, 7) is 1.07. The molecule has 1 fully saturated rings. The Bertz CT molecular complexity index is 502. The average Bonchev–Trinajstić information content (AvgIpc) is 2.40. The quantitative estimate of drug-likeness (QED) is 0.881. The molecule has 0 radical (unpaired) electrons. The van der Waals surface area contributed by atoms with Gasteiger partial charge < -0.3 is 15.4 Å². The van der Waals surface area contributed by atoms with E-state index in [1.165, 1.54) is 6.07 Å². The highest BCUT2D eigenvalue weighted by Crippen LogP contribution is 2.36. The van der Waals surface area contributed by atoms with Gasteiger partial charge in [0.15, 0.2) is 0 Å². The fourth-order valence-electron chi connectivity index (χ4n) is 1.81. The number of carbonyl (C=O) groups is 1. The van der Waals surface area contributed by atoms with Crippen LogP contribution in [0.15, 0.2) is 18.2 Å². The van der Waals surface area contributed by atoms with Crippen molar-refractivity contribution in [2.75, 3.05) is 25.1 Å². The van der Waals surface area contributed by atoms with E-state index >= 15 is 0 Å². The number of hydrogen-bond donors (Lipinski definition) is 2. The highest BCUT2D eigenvalue weighted by atomic mass is 35.5. The lowest BCUT2D eigenvalue weighted by molar-refractivity contribution is -0.137. The van der Waals surface area contributed by atoms with Gasteiger partial charge in [-0.2, -0.15) is 13.2 Å². The standard InChI is InChI=1S/C12H12ClF3N2O2/c13-7-1-2-9(8(5-7)12(14,15)16)18-11(19)10-6-20-4-3-17-10/h1-2,5,10,17H,3-4,6H2,(H,18,19). The van der Waals surface area contributed by atoms with Crippen molar-refractivity contribution in [2.45, 2.75) is 12.2 Å². The largest absolute Gasteiger partial charge is 0.418 e. The van der Waals surface area contributed by atoms with Crippen LogP contribution in [0.1, 0.15) is 5.56 Å². The zero-order valence-corrected chi connectivity index (χ0v) is 11.0. The van der Waals surface area contributed by atoms with Crippen LogP contribution >= 0.6 is 11.6 Å². The van der Waals surface area contributed by atoms with Crippen LogP contribution in [0.3, 0.4) is 0 Å².